The number of aliphatic hydroxyl groups excluding tert-OH is 2. The zero-order chi connectivity index (χ0) is 21.3. The Hall–Kier alpha value is -3.21. The van der Waals surface area contributed by atoms with E-state index in [4.69, 9.17) is 4.98 Å². The molecule has 0 fully saturated rings. The number of anilines is 1. The molecule has 1 aromatic heterocycles. The van der Waals surface area contributed by atoms with Gasteiger partial charge in [-0.3, -0.25) is 0 Å². The fraction of sp³-hybridized carbons (Fsp3) is 0.192. The van der Waals surface area contributed by atoms with E-state index in [2.05, 4.69) is 55.5 Å². The highest BCUT2D eigenvalue weighted by Gasteiger charge is 2.16. The number of hydrogen-bond donors (Lipinski definition) is 2. The zero-order valence-electron chi connectivity index (χ0n) is 17.6. The van der Waals surface area contributed by atoms with Gasteiger partial charge in [0.15, 0.2) is 0 Å². The molecule has 0 aliphatic heterocycles. The monoisotopic (exact) mass is 398 g/mol. The standard InChI is InChI=1S/C26H26N2O2/c1-17-22(18-8-5-4-6-9-18)10-7-11-23(17)24-13-19-12-20(15-29)21(16-30)14-25(19)27-26(24)28(2)3/h4-14,29-30H,15-16H2,1-3H3. The lowest BCUT2D eigenvalue weighted by atomic mass is 9.92. The molecule has 4 heteroatoms. The summed E-state index contributed by atoms with van der Waals surface area (Å²) in [5, 5.41) is 20.3. The third-order valence-electron chi connectivity index (χ3n) is 5.59. The topological polar surface area (TPSA) is 56.6 Å². The van der Waals surface area contributed by atoms with Gasteiger partial charge in [0.1, 0.15) is 5.82 Å². The third-order valence-corrected chi connectivity index (χ3v) is 5.59. The third kappa shape index (κ3) is 3.56. The highest BCUT2D eigenvalue weighted by atomic mass is 16.3. The van der Waals surface area contributed by atoms with Crippen molar-refractivity contribution in [2.24, 2.45) is 0 Å². The van der Waals surface area contributed by atoms with Crippen LogP contribution in [0.25, 0.3) is 33.2 Å². The van der Waals surface area contributed by atoms with Crippen molar-refractivity contribution in [3.8, 4) is 22.3 Å². The van der Waals surface area contributed by atoms with Crippen molar-refractivity contribution in [2.75, 3.05) is 19.0 Å². The zero-order valence-corrected chi connectivity index (χ0v) is 17.6. The molecular weight excluding hydrogens is 372 g/mol. The first-order valence-electron chi connectivity index (χ1n) is 10.0. The number of hydrogen-bond acceptors (Lipinski definition) is 4. The minimum absolute atomic E-state index is 0.112. The van der Waals surface area contributed by atoms with Gasteiger partial charge in [-0.2, -0.15) is 0 Å². The Morgan fingerprint density at radius 1 is 0.767 bits per heavy atom. The molecule has 0 saturated carbocycles. The van der Waals surface area contributed by atoms with Crippen LogP contribution in [-0.2, 0) is 13.2 Å². The highest BCUT2D eigenvalue weighted by Crippen LogP contribution is 2.37. The fourth-order valence-corrected chi connectivity index (χ4v) is 3.99. The highest BCUT2D eigenvalue weighted by molar-refractivity contribution is 5.92. The molecule has 0 spiro atoms. The van der Waals surface area contributed by atoms with Gasteiger partial charge in [0.2, 0.25) is 0 Å². The van der Waals surface area contributed by atoms with E-state index in [1.807, 2.05) is 37.2 Å². The van der Waals surface area contributed by atoms with Crippen LogP contribution in [0.2, 0.25) is 0 Å². The molecule has 152 valence electrons. The van der Waals surface area contributed by atoms with E-state index in [0.29, 0.717) is 5.56 Å². The second kappa shape index (κ2) is 8.27. The summed E-state index contributed by atoms with van der Waals surface area (Å²) in [6, 6.07) is 22.7. The first-order valence-corrected chi connectivity index (χ1v) is 10.0. The van der Waals surface area contributed by atoms with Gasteiger partial charge < -0.3 is 15.1 Å². The molecule has 0 bridgehead atoms. The second-order valence-corrected chi connectivity index (χ2v) is 7.73. The SMILES string of the molecule is Cc1c(-c2ccccc2)cccc1-c1cc2cc(CO)c(CO)cc2nc1N(C)C. The predicted molar refractivity (Wildman–Crippen MR) is 124 cm³/mol. The molecule has 4 rings (SSSR count). The maximum absolute atomic E-state index is 9.70. The Morgan fingerprint density at radius 2 is 1.43 bits per heavy atom. The Labute approximate surface area is 177 Å². The van der Waals surface area contributed by atoms with E-state index >= 15 is 0 Å². The van der Waals surface area contributed by atoms with Gasteiger partial charge in [-0.1, -0.05) is 48.5 Å². The molecule has 30 heavy (non-hydrogen) atoms. The van der Waals surface area contributed by atoms with Gasteiger partial charge in [0, 0.05) is 25.0 Å². The summed E-state index contributed by atoms with van der Waals surface area (Å²) in [6.45, 7) is 1.92. The van der Waals surface area contributed by atoms with E-state index in [1.54, 1.807) is 0 Å². The van der Waals surface area contributed by atoms with E-state index in [1.165, 1.54) is 16.7 Å². The van der Waals surface area contributed by atoms with Crippen LogP contribution in [0.5, 0.6) is 0 Å². The molecule has 4 nitrogen and oxygen atoms in total. The number of benzene rings is 3. The van der Waals surface area contributed by atoms with Gasteiger partial charge in [-0.05, 0) is 58.5 Å². The first kappa shape index (κ1) is 20.1. The Bertz CT molecular complexity index is 1200. The fourth-order valence-electron chi connectivity index (χ4n) is 3.99. The Balaban J connectivity index is 1.97. The number of fused-ring (bicyclic) bond motifs is 1. The van der Waals surface area contributed by atoms with E-state index in [0.717, 1.165) is 33.4 Å². The lowest BCUT2D eigenvalue weighted by molar-refractivity contribution is 0.260. The molecule has 2 N–H and O–H groups in total. The average Bonchev–Trinajstić information content (AvgIpc) is 2.78. The Kier molecular flexibility index (Phi) is 5.53. The average molecular weight is 399 g/mol. The summed E-state index contributed by atoms with van der Waals surface area (Å²) >= 11 is 0. The van der Waals surface area contributed by atoms with E-state index < -0.39 is 0 Å². The van der Waals surface area contributed by atoms with Crippen LogP contribution >= 0.6 is 0 Å². The molecule has 1 heterocycles. The largest absolute Gasteiger partial charge is 0.392 e. The van der Waals surface area contributed by atoms with Crippen molar-refractivity contribution in [1.82, 2.24) is 4.98 Å². The maximum Gasteiger partial charge on any atom is 0.136 e. The van der Waals surface area contributed by atoms with Crippen LogP contribution in [0.4, 0.5) is 5.82 Å². The smallest absolute Gasteiger partial charge is 0.136 e. The van der Waals surface area contributed by atoms with Crippen LogP contribution in [0.1, 0.15) is 16.7 Å². The minimum Gasteiger partial charge on any atom is -0.392 e. The van der Waals surface area contributed by atoms with Gasteiger partial charge in [-0.15, -0.1) is 0 Å². The van der Waals surface area contributed by atoms with Gasteiger partial charge >= 0.3 is 0 Å². The molecule has 0 amide bonds. The molecule has 3 aromatic carbocycles. The summed E-state index contributed by atoms with van der Waals surface area (Å²) in [6.07, 6.45) is 0. The summed E-state index contributed by atoms with van der Waals surface area (Å²) in [7, 11) is 3.98. The summed E-state index contributed by atoms with van der Waals surface area (Å²) in [4.78, 5) is 6.93. The molecule has 0 radical (unpaired) electrons. The predicted octanol–water partition coefficient (Wildman–Crippen LogP) is 4.93. The van der Waals surface area contributed by atoms with Crippen molar-refractivity contribution in [1.29, 1.82) is 0 Å². The van der Waals surface area contributed by atoms with Gasteiger partial charge in [0.05, 0.1) is 18.7 Å². The van der Waals surface area contributed by atoms with Crippen molar-refractivity contribution in [2.45, 2.75) is 20.1 Å². The molecule has 0 aliphatic rings. The lowest BCUT2D eigenvalue weighted by Gasteiger charge is -2.20. The molecule has 0 saturated heterocycles. The van der Waals surface area contributed by atoms with Crippen LogP contribution < -0.4 is 4.90 Å². The summed E-state index contributed by atoms with van der Waals surface area (Å²) < 4.78 is 0. The summed E-state index contributed by atoms with van der Waals surface area (Å²) in [5.74, 6) is 0.872. The molecule has 4 aromatic rings. The summed E-state index contributed by atoms with van der Waals surface area (Å²) in [5.41, 5.74) is 8.00. The van der Waals surface area contributed by atoms with Crippen molar-refractivity contribution >= 4 is 16.7 Å². The number of pyridine rings is 1. The van der Waals surface area contributed by atoms with Crippen LogP contribution in [0.15, 0.2) is 66.7 Å². The van der Waals surface area contributed by atoms with Gasteiger partial charge in [-0.25, -0.2) is 4.98 Å². The van der Waals surface area contributed by atoms with Crippen molar-refractivity contribution in [3.63, 3.8) is 0 Å². The van der Waals surface area contributed by atoms with E-state index in [-0.39, 0.29) is 13.2 Å². The molecular formula is C26H26N2O2. The van der Waals surface area contributed by atoms with E-state index in [9.17, 15) is 10.2 Å². The molecule has 0 aliphatic carbocycles. The van der Waals surface area contributed by atoms with Crippen molar-refractivity contribution in [3.05, 3.63) is 83.4 Å². The second-order valence-electron chi connectivity index (χ2n) is 7.73. The Morgan fingerprint density at radius 3 is 2.10 bits per heavy atom. The number of aliphatic hydroxyl groups is 2. The van der Waals surface area contributed by atoms with Crippen molar-refractivity contribution < 1.29 is 10.2 Å². The normalized spacial score (nSPS) is 11.1. The molecule has 0 atom stereocenters. The number of rotatable bonds is 5. The number of aromatic nitrogens is 1. The van der Waals surface area contributed by atoms with Crippen LogP contribution in [-0.4, -0.2) is 29.3 Å². The number of nitrogens with zero attached hydrogens (tertiary/aromatic N) is 2. The lowest BCUT2D eigenvalue weighted by Crippen LogP contribution is -2.12. The van der Waals surface area contributed by atoms with Crippen LogP contribution in [0, 0.1) is 6.92 Å². The van der Waals surface area contributed by atoms with Crippen LogP contribution in [0.3, 0.4) is 0 Å². The quantitative estimate of drug-likeness (QED) is 0.501. The maximum atomic E-state index is 9.70. The van der Waals surface area contributed by atoms with Gasteiger partial charge in [0.25, 0.3) is 0 Å². The first-order chi connectivity index (χ1) is 14.5. The minimum atomic E-state index is -0.120. The molecule has 0 unspecified atom stereocenters.